The van der Waals surface area contributed by atoms with E-state index in [9.17, 15) is 0 Å². The van der Waals surface area contributed by atoms with Gasteiger partial charge in [-0.3, -0.25) is 0 Å². The van der Waals surface area contributed by atoms with Gasteiger partial charge in [0.25, 0.3) is 0 Å². The minimum atomic E-state index is 0.507. The van der Waals surface area contributed by atoms with Crippen LogP contribution in [-0.4, -0.2) is 32.6 Å². The summed E-state index contributed by atoms with van der Waals surface area (Å²) in [4.78, 5) is 0. The van der Waals surface area contributed by atoms with Crippen molar-refractivity contribution in [1.29, 1.82) is 5.26 Å². The molecule has 2 aromatic rings. The molecule has 6 nitrogen and oxygen atoms in total. The number of tetrazole rings is 1. The second-order valence-corrected chi connectivity index (χ2v) is 5.89. The molecule has 0 N–H and O–H groups in total. The van der Waals surface area contributed by atoms with Crippen molar-refractivity contribution in [3.63, 3.8) is 0 Å². The largest absolute Gasteiger partial charge is 0.494 e. The molecule has 1 heterocycles. The maximum absolute atomic E-state index is 8.82. The first-order valence-corrected chi connectivity index (χ1v) is 7.89. The van der Waals surface area contributed by atoms with Gasteiger partial charge >= 0.3 is 0 Å². The maximum atomic E-state index is 8.82. The Morgan fingerprint density at radius 1 is 1.43 bits per heavy atom. The van der Waals surface area contributed by atoms with E-state index in [1.807, 2.05) is 16.8 Å². The first-order valence-electron chi connectivity index (χ1n) is 6.90. The zero-order valence-corrected chi connectivity index (χ0v) is 12.3. The molecular weight excluding hydrogens is 286 g/mol. The fourth-order valence-electron chi connectivity index (χ4n) is 1.90. The van der Waals surface area contributed by atoms with Crippen molar-refractivity contribution in [2.45, 2.75) is 30.5 Å². The first-order chi connectivity index (χ1) is 10.4. The molecule has 0 spiro atoms. The molecule has 1 aromatic carbocycles. The molecule has 21 heavy (non-hydrogen) atoms. The smallest absolute Gasteiger partial charge is 0.209 e. The van der Waals surface area contributed by atoms with Crippen molar-refractivity contribution >= 4 is 11.8 Å². The average molecular weight is 301 g/mol. The average Bonchev–Trinajstić information content (AvgIpc) is 3.26. The third kappa shape index (κ3) is 3.73. The molecule has 1 fully saturated rings. The van der Waals surface area contributed by atoms with Crippen LogP contribution in [0.1, 0.15) is 30.9 Å². The molecule has 7 heteroatoms. The Kier molecular flexibility index (Phi) is 4.36. The van der Waals surface area contributed by atoms with Crippen LogP contribution in [-0.2, 0) is 0 Å². The van der Waals surface area contributed by atoms with Gasteiger partial charge in [0, 0.05) is 5.75 Å². The van der Waals surface area contributed by atoms with Gasteiger partial charge in [0.1, 0.15) is 5.75 Å². The van der Waals surface area contributed by atoms with Crippen LogP contribution in [0.2, 0.25) is 0 Å². The van der Waals surface area contributed by atoms with Gasteiger partial charge in [-0.15, -0.1) is 5.10 Å². The van der Waals surface area contributed by atoms with E-state index in [4.69, 9.17) is 10.00 Å². The Morgan fingerprint density at radius 3 is 3.14 bits per heavy atom. The van der Waals surface area contributed by atoms with Gasteiger partial charge in [-0.2, -0.15) is 5.26 Å². The molecule has 0 aliphatic heterocycles. The third-order valence-corrected chi connectivity index (χ3v) is 4.13. The Balaban J connectivity index is 1.40. The molecule has 1 aromatic heterocycles. The van der Waals surface area contributed by atoms with Gasteiger partial charge in [-0.05, 0) is 47.9 Å². The second-order valence-electron chi connectivity index (χ2n) is 4.83. The van der Waals surface area contributed by atoms with Gasteiger partial charge in [-0.25, -0.2) is 4.68 Å². The molecule has 108 valence electrons. The number of rotatable bonds is 7. The SMILES string of the molecule is N#Cc1cccc(OCCCSc2nnnn2C2CC2)c1. The number of nitrogens with zero attached hydrogens (tertiary/aromatic N) is 5. The van der Waals surface area contributed by atoms with Crippen molar-refractivity contribution in [2.75, 3.05) is 12.4 Å². The van der Waals surface area contributed by atoms with Crippen LogP contribution in [0.3, 0.4) is 0 Å². The third-order valence-electron chi connectivity index (χ3n) is 3.11. The molecule has 0 unspecified atom stereocenters. The highest BCUT2D eigenvalue weighted by atomic mass is 32.2. The van der Waals surface area contributed by atoms with E-state index in [2.05, 4.69) is 21.6 Å². The normalized spacial score (nSPS) is 13.9. The quantitative estimate of drug-likeness (QED) is 0.577. The Bertz CT molecular complexity index is 647. The van der Waals surface area contributed by atoms with Crippen LogP contribution >= 0.6 is 11.8 Å². The predicted octanol–water partition coefficient (Wildman–Crippen LogP) is 2.44. The summed E-state index contributed by atoms with van der Waals surface area (Å²) in [7, 11) is 0. The molecule has 1 aliphatic rings. The lowest BCUT2D eigenvalue weighted by Gasteiger charge is -2.06. The summed E-state index contributed by atoms with van der Waals surface area (Å²) in [6.07, 6.45) is 3.26. The fourth-order valence-corrected chi connectivity index (χ4v) is 2.75. The van der Waals surface area contributed by atoms with Crippen LogP contribution in [0.5, 0.6) is 5.75 Å². The van der Waals surface area contributed by atoms with Gasteiger partial charge in [0.2, 0.25) is 5.16 Å². The molecule has 3 rings (SSSR count). The Hall–Kier alpha value is -2.07. The predicted molar refractivity (Wildman–Crippen MR) is 78.1 cm³/mol. The number of hydrogen-bond acceptors (Lipinski definition) is 6. The van der Waals surface area contributed by atoms with Gasteiger partial charge in [0.15, 0.2) is 0 Å². The minimum absolute atomic E-state index is 0.507. The van der Waals surface area contributed by atoms with Crippen LogP contribution < -0.4 is 4.74 Å². The summed E-state index contributed by atoms with van der Waals surface area (Å²) < 4.78 is 7.55. The fraction of sp³-hybridized carbons (Fsp3) is 0.429. The highest BCUT2D eigenvalue weighted by Crippen LogP contribution is 2.36. The van der Waals surface area contributed by atoms with Crippen molar-refractivity contribution in [2.24, 2.45) is 0 Å². The zero-order valence-electron chi connectivity index (χ0n) is 11.5. The summed E-state index contributed by atoms with van der Waals surface area (Å²) in [5.74, 6) is 1.65. The number of ether oxygens (including phenoxy) is 1. The summed E-state index contributed by atoms with van der Waals surface area (Å²) in [6, 6.07) is 9.81. The van der Waals surface area contributed by atoms with E-state index in [-0.39, 0.29) is 0 Å². The van der Waals surface area contributed by atoms with Crippen molar-refractivity contribution in [3.05, 3.63) is 29.8 Å². The number of thioether (sulfide) groups is 1. The van der Waals surface area contributed by atoms with Crippen LogP contribution in [0.15, 0.2) is 29.4 Å². The van der Waals surface area contributed by atoms with E-state index in [0.29, 0.717) is 18.2 Å². The molecule has 0 saturated heterocycles. The van der Waals surface area contributed by atoms with E-state index in [0.717, 1.165) is 23.1 Å². The van der Waals surface area contributed by atoms with Gasteiger partial charge in [0.05, 0.1) is 24.3 Å². The Morgan fingerprint density at radius 2 is 2.33 bits per heavy atom. The summed E-state index contributed by atoms with van der Waals surface area (Å²) in [5, 5.41) is 21.5. The van der Waals surface area contributed by atoms with Crippen molar-refractivity contribution < 1.29 is 4.74 Å². The lowest BCUT2D eigenvalue weighted by atomic mass is 10.2. The molecule has 1 saturated carbocycles. The zero-order chi connectivity index (χ0) is 14.5. The van der Waals surface area contributed by atoms with E-state index in [1.54, 1.807) is 23.9 Å². The molecule has 1 aliphatic carbocycles. The van der Waals surface area contributed by atoms with Crippen LogP contribution in [0, 0.1) is 11.3 Å². The minimum Gasteiger partial charge on any atom is -0.494 e. The topological polar surface area (TPSA) is 76.6 Å². The van der Waals surface area contributed by atoms with Crippen LogP contribution in [0.4, 0.5) is 0 Å². The summed E-state index contributed by atoms with van der Waals surface area (Å²) in [6.45, 7) is 0.618. The molecule has 0 bridgehead atoms. The second kappa shape index (κ2) is 6.59. The van der Waals surface area contributed by atoms with E-state index >= 15 is 0 Å². The molecular formula is C14H15N5OS. The summed E-state index contributed by atoms with van der Waals surface area (Å²) in [5.41, 5.74) is 0.616. The van der Waals surface area contributed by atoms with Crippen molar-refractivity contribution in [3.8, 4) is 11.8 Å². The highest BCUT2D eigenvalue weighted by Gasteiger charge is 2.27. The van der Waals surface area contributed by atoms with Gasteiger partial charge < -0.3 is 4.74 Å². The Labute approximate surface area is 127 Å². The first kappa shape index (κ1) is 13.9. The maximum Gasteiger partial charge on any atom is 0.209 e. The molecule has 0 radical (unpaired) electrons. The summed E-state index contributed by atoms with van der Waals surface area (Å²) >= 11 is 1.66. The lowest BCUT2D eigenvalue weighted by Crippen LogP contribution is -2.01. The number of benzene rings is 1. The van der Waals surface area contributed by atoms with Gasteiger partial charge in [-0.1, -0.05) is 17.8 Å². The number of nitriles is 1. The monoisotopic (exact) mass is 301 g/mol. The van der Waals surface area contributed by atoms with Crippen molar-refractivity contribution in [1.82, 2.24) is 20.2 Å². The molecule has 0 atom stereocenters. The lowest BCUT2D eigenvalue weighted by molar-refractivity contribution is 0.318. The van der Waals surface area contributed by atoms with Crippen LogP contribution in [0.25, 0.3) is 0 Å². The molecule has 0 amide bonds. The van der Waals surface area contributed by atoms with E-state index in [1.165, 1.54) is 12.8 Å². The standard InChI is InChI=1S/C14H15N5OS/c15-10-11-3-1-4-13(9-11)20-7-2-8-21-14-16-17-18-19(14)12-5-6-12/h1,3-4,9,12H,2,5-8H2. The van der Waals surface area contributed by atoms with E-state index < -0.39 is 0 Å². The number of aromatic nitrogens is 4. The number of hydrogen-bond donors (Lipinski definition) is 0. The highest BCUT2D eigenvalue weighted by molar-refractivity contribution is 7.99.